The van der Waals surface area contributed by atoms with Crippen LogP contribution >= 0.6 is 0 Å². The lowest BCUT2D eigenvalue weighted by Gasteiger charge is -2.10. The summed E-state index contributed by atoms with van der Waals surface area (Å²) in [7, 11) is 4.00. The lowest BCUT2D eigenvalue weighted by atomic mass is 10.2. The molecule has 1 aromatic rings. The normalized spacial score (nSPS) is 10.6. The third-order valence-electron chi connectivity index (χ3n) is 2.74. The minimum atomic E-state index is -0.0655. The summed E-state index contributed by atoms with van der Waals surface area (Å²) in [6.07, 6.45) is 0. The number of hydrogen-bond acceptors (Lipinski definition) is 4. The van der Waals surface area contributed by atoms with Gasteiger partial charge in [-0.1, -0.05) is 0 Å². The fourth-order valence-electron chi connectivity index (χ4n) is 1.63. The average molecular weight is 279 g/mol. The number of rotatable bonds is 9. The van der Waals surface area contributed by atoms with Gasteiger partial charge in [0.25, 0.3) is 5.91 Å². The van der Waals surface area contributed by atoms with E-state index >= 15 is 0 Å². The van der Waals surface area contributed by atoms with Crippen molar-refractivity contribution in [3.05, 3.63) is 29.8 Å². The molecule has 1 aromatic carbocycles. The molecule has 2 N–H and O–H groups in total. The quantitative estimate of drug-likeness (QED) is 0.671. The highest BCUT2D eigenvalue weighted by Crippen LogP contribution is 2.08. The van der Waals surface area contributed by atoms with E-state index in [4.69, 9.17) is 4.74 Å². The van der Waals surface area contributed by atoms with E-state index in [0.29, 0.717) is 25.3 Å². The Bertz CT molecular complexity index is 391. The van der Waals surface area contributed by atoms with Crippen molar-refractivity contribution in [2.75, 3.05) is 52.3 Å². The second-order valence-corrected chi connectivity index (χ2v) is 4.78. The summed E-state index contributed by atoms with van der Waals surface area (Å²) in [5, 5.41) is 6.03. The Morgan fingerprint density at radius 3 is 2.50 bits per heavy atom. The fourth-order valence-corrected chi connectivity index (χ4v) is 1.63. The first-order valence-electron chi connectivity index (χ1n) is 6.98. The van der Waals surface area contributed by atoms with Crippen LogP contribution in [0.15, 0.2) is 24.3 Å². The molecule has 0 aliphatic heterocycles. The van der Waals surface area contributed by atoms with Crippen molar-refractivity contribution in [1.82, 2.24) is 10.2 Å². The van der Waals surface area contributed by atoms with E-state index in [9.17, 15) is 4.79 Å². The third kappa shape index (κ3) is 6.54. The topological polar surface area (TPSA) is 53.6 Å². The molecule has 1 amide bonds. The van der Waals surface area contributed by atoms with E-state index in [-0.39, 0.29) is 5.91 Å². The fraction of sp³-hybridized carbons (Fsp3) is 0.533. The maximum atomic E-state index is 11.9. The number of carbonyl (C=O) groups excluding carboxylic acids is 1. The molecule has 0 heterocycles. The summed E-state index contributed by atoms with van der Waals surface area (Å²) in [5.74, 6) is -0.0655. The molecule has 0 saturated heterocycles. The SMILES string of the molecule is CCNc1ccc(C(=O)NCCOCCN(C)C)cc1. The van der Waals surface area contributed by atoms with Gasteiger partial charge in [0.2, 0.25) is 0 Å². The van der Waals surface area contributed by atoms with E-state index in [1.165, 1.54) is 0 Å². The average Bonchev–Trinajstić information content (AvgIpc) is 2.43. The molecule has 0 bridgehead atoms. The highest BCUT2D eigenvalue weighted by atomic mass is 16.5. The summed E-state index contributed by atoms with van der Waals surface area (Å²) < 4.78 is 5.42. The molecule has 0 radical (unpaired) electrons. The van der Waals surface area contributed by atoms with Gasteiger partial charge in [0.1, 0.15) is 0 Å². The van der Waals surface area contributed by atoms with E-state index in [0.717, 1.165) is 18.8 Å². The van der Waals surface area contributed by atoms with Crippen molar-refractivity contribution in [2.45, 2.75) is 6.92 Å². The standard InChI is InChI=1S/C15H25N3O2/c1-4-16-14-7-5-13(6-8-14)15(19)17-9-11-20-12-10-18(2)3/h5-8,16H,4,9-12H2,1-3H3,(H,17,19). The van der Waals surface area contributed by atoms with Crippen LogP contribution in [0.3, 0.4) is 0 Å². The highest BCUT2D eigenvalue weighted by Gasteiger charge is 2.04. The Hall–Kier alpha value is -1.59. The molecule has 0 atom stereocenters. The number of benzene rings is 1. The second-order valence-electron chi connectivity index (χ2n) is 4.78. The van der Waals surface area contributed by atoms with Gasteiger partial charge < -0.3 is 20.3 Å². The van der Waals surface area contributed by atoms with Crippen LogP contribution in [0, 0.1) is 0 Å². The van der Waals surface area contributed by atoms with Crippen molar-refractivity contribution >= 4 is 11.6 Å². The Morgan fingerprint density at radius 2 is 1.90 bits per heavy atom. The first-order valence-corrected chi connectivity index (χ1v) is 6.98. The van der Waals surface area contributed by atoms with Crippen LogP contribution < -0.4 is 10.6 Å². The van der Waals surface area contributed by atoms with Gasteiger partial charge in [0.15, 0.2) is 0 Å². The molecular formula is C15H25N3O2. The van der Waals surface area contributed by atoms with Gasteiger partial charge in [-0.25, -0.2) is 0 Å². The largest absolute Gasteiger partial charge is 0.385 e. The highest BCUT2D eigenvalue weighted by molar-refractivity contribution is 5.94. The predicted molar refractivity (Wildman–Crippen MR) is 82.3 cm³/mol. The number of nitrogens with zero attached hydrogens (tertiary/aromatic N) is 1. The monoisotopic (exact) mass is 279 g/mol. The van der Waals surface area contributed by atoms with E-state index in [2.05, 4.69) is 15.5 Å². The number of nitrogens with one attached hydrogen (secondary N) is 2. The maximum absolute atomic E-state index is 11.9. The molecule has 5 nitrogen and oxygen atoms in total. The Morgan fingerprint density at radius 1 is 1.20 bits per heavy atom. The van der Waals surface area contributed by atoms with Gasteiger partial charge in [-0.15, -0.1) is 0 Å². The van der Waals surface area contributed by atoms with Crippen LogP contribution in [0.2, 0.25) is 0 Å². The van der Waals surface area contributed by atoms with Crippen LogP contribution in [0.4, 0.5) is 5.69 Å². The Kier molecular flexibility index (Phi) is 7.69. The Labute approximate surface area is 121 Å². The van der Waals surface area contributed by atoms with Crippen molar-refractivity contribution < 1.29 is 9.53 Å². The lowest BCUT2D eigenvalue weighted by Crippen LogP contribution is -2.28. The van der Waals surface area contributed by atoms with E-state index in [1.54, 1.807) is 0 Å². The first-order chi connectivity index (χ1) is 9.63. The minimum absolute atomic E-state index is 0.0655. The van der Waals surface area contributed by atoms with Gasteiger partial charge >= 0.3 is 0 Å². The molecule has 0 aliphatic rings. The molecule has 20 heavy (non-hydrogen) atoms. The van der Waals surface area contributed by atoms with Crippen LogP contribution in [0.5, 0.6) is 0 Å². The van der Waals surface area contributed by atoms with Crippen molar-refractivity contribution in [1.29, 1.82) is 0 Å². The number of amides is 1. The molecular weight excluding hydrogens is 254 g/mol. The third-order valence-corrected chi connectivity index (χ3v) is 2.74. The zero-order valence-corrected chi connectivity index (χ0v) is 12.6. The first kappa shape index (κ1) is 16.5. The molecule has 0 aromatic heterocycles. The minimum Gasteiger partial charge on any atom is -0.385 e. The molecule has 0 unspecified atom stereocenters. The summed E-state index contributed by atoms with van der Waals surface area (Å²) >= 11 is 0. The number of anilines is 1. The molecule has 0 aliphatic carbocycles. The van der Waals surface area contributed by atoms with Gasteiger partial charge in [-0.3, -0.25) is 4.79 Å². The number of hydrogen-bond donors (Lipinski definition) is 2. The van der Waals surface area contributed by atoms with Crippen molar-refractivity contribution in [2.24, 2.45) is 0 Å². The van der Waals surface area contributed by atoms with Crippen molar-refractivity contribution in [3.63, 3.8) is 0 Å². The summed E-state index contributed by atoms with van der Waals surface area (Å²) in [6.45, 7) is 5.54. The van der Waals surface area contributed by atoms with Gasteiger partial charge in [0.05, 0.1) is 13.2 Å². The smallest absolute Gasteiger partial charge is 0.251 e. The summed E-state index contributed by atoms with van der Waals surface area (Å²) in [5.41, 5.74) is 1.69. The summed E-state index contributed by atoms with van der Waals surface area (Å²) in [4.78, 5) is 13.9. The molecule has 0 fully saturated rings. The number of ether oxygens (including phenoxy) is 1. The van der Waals surface area contributed by atoms with E-state index < -0.39 is 0 Å². The maximum Gasteiger partial charge on any atom is 0.251 e. The lowest BCUT2D eigenvalue weighted by molar-refractivity contribution is 0.0900. The molecule has 112 valence electrons. The van der Waals surface area contributed by atoms with Crippen LogP contribution in [-0.4, -0.2) is 57.8 Å². The molecule has 0 spiro atoms. The summed E-state index contributed by atoms with van der Waals surface area (Å²) in [6, 6.07) is 7.46. The molecule has 1 rings (SSSR count). The van der Waals surface area contributed by atoms with Crippen LogP contribution in [0.25, 0.3) is 0 Å². The van der Waals surface area contributed by atoms with Crippen molar-refractivity contribution in [3.8, 4) is 0 Å². The second kappa shape index (κ2) is 9.34. The number of likely N-dealkylation sites (N-methyl/N-ethyl adjacent to an activating group) is 1. The Balaban J connectivity index is 2.22. The van der Waals surface area contributed by atoms with Crippen LogP contribution in [-0.2, 0) is 4.74 Å². The van der Waals surface area contributed by atoms with Gasteiger partial charge in [-0.2, -0.15) is 0 Å². The van der Waals surface area contributed by atoms with Crippen LogP contribution in [0.1, 0.15) is 17.3 Å². The van der Waals surface area contributed by atoms with Gasteiger partial charge in [-0.05, 0) is 45.3 Å². The zero-order valence-electron chi connectivity index (χ0n) is 12.6. The van der Waals surface area contributed by atoms with E-state index in [1.807, 2.05) is 45.3 Å². The zero-order chi connectivity index (χ0) is 14.8. The predicted octanol–water partition coefficient (Wildman–Crippen LogP) is 1.43. The number of carbonyl (C=O) groups is 1. The molecule has 5 heteroatoms. The van der Waals surface area contributed by atoms with Gasteiger partial charge in [0, 0.05) is 30.9 Å². The molecule has 0 saturated carbocycles.